The van der Waals surface area contributed by atoms with E-state index in [1.54, 1.807) is 42.7 Å². The van der Waals surface area contributed by atoms with Gasteiger partial charge < -0.3 is 21.8 Å². The van der Waals surface area contributed by atoms with E-state index < -0.39 is 11.9 Å². The maximum Gasteiger partial charge on any atom is 0.249 e. The normalized spacial score (nSPS) is 11.9. The SMILES string of the molecule is Cc1ccc(F)c(C(Nc2ccc3c(N)nccc3c2)c2nc(-c3ccccc3C(N)=O)c[nH]2)c1. The number of halogens is 1. The number of hydrogen-bond acceptors (Lipinski definition) is 5. The first-order valence-electron chi connectivity index (χ1n) is 11.0. The summed E-state index contributed by atoms with van der Waals surface area (Å²) in [5.74, 6) is 0.0181. The van der Waals surface area contributed by atoms with Crippen molar-refractivity contribution in [3.05, 3.63) is 107 Å². The molecule has 0 aliphatic carbocycles. The summed E-state index contributed by atoms with van der Waals surface area (Å²) in [5, 5.41) is 5.14. The van der Waals surface area contributed by atoms with E-state index >= 15 is 4.39 Å². The number of hydrogen-bond donors (Lipinski definition) is 4. The largest absolute Gasteiger partial charge is 0.383 e. The zero-order valence-corrected chi connectivity index (χ0v) is 18.9. The molecule has 35 heavy (non-hydrogen) atoms. The summed E-state index contributed by atoms with van der Waals surface area (Å²) in [6, 6.07) is 18.8. The number of anilines is 2. The third-order valence-corrected chi connectivity index (χ3v) is 5.91. The summed E-state index contributed by atoms with van der Waals surface area (Å²) in [6.45, 7) is 1.91. The number of nitrogens with one attached hydrogen (secondary N) is 2. The molecule has 2 aromatic heterocycles. The van der Waals surface area contributed by atoms with E-state index in [9.17, 15) is 4.79 Å². The van der Waals surface area contributed by atoms with E-state index in [-0.39, 0.29) is 5.82 Å². The molecule has 2 heterocycles. The van der Waals surface area contributed by atoms with Gasteiger partial charge in [-0.3, -0.25) is 4.79 Å². The Kier molecular flexibility index (Phi) is 5.62. The number of fused-ring (bicyclic) bond motifs is 1. The Morgan fingerprint density at radius 2 is 1.91 bits per heavy atom. The van der Waals surface area contributed by atoms with Crippen molar-refractivity contribution in [2.24, 2.45) is 5.73 Å². The lowest BCUT2D eigenvalue weighted by Gasteiger charge is -2.20. The zero-order valence-electron chi connectivity index (χ0n) is 18.9. The van der Waals surface area contributed by atoms with Crippen LogP contribution in [0.5, 0.6) is 0 Å². The highest BCUT2D eigenvalue weighted by atomic mass is 19.1. The molecule has 6 N–H and O–H groups in total. The van der Waals surface area contributed by atoms with Gasteiger partial charge in [0, 0.05) is 40.2 Å². The van der Waals surface area contributed by atoms with E-state index in [1.807, 2.05) is 37.3 Å². The Bertz CT molecular complexity index is 1560. The Morgan fingerprint density at radius 3 is 2.74 bits per heavy atom. The van der Waals surface area contributed by atoms with Gasteiger partial charge in [-0.2, -0.15) is 0 Å². The van der Waals surface area contributed by atoms with Crippen LogP contribution in [-0.2, 0) is 0 Å². The molecule has 0 radical (unpaired) electrons. The van der Waals surface area contributed by atoms with Gasteiger partial charge in [0.05, 0.1) is 5.69 Å². The number of rotatable bonds is 6. The maximum absolute atomic E-state index is 15.0. The second kappa shape index (κ2) is 8.90. The molecular formula is C27H23FN6O. The third-order valence-electron chi connectivity index (χ3n) is 5.91. The number of aromatic amines is 1. The fourth-order valence-electron chi connectivity index (χ4n) is 4.18. The Hall–Kier alpha value is -4.72. The molecule has 0 aliphatic heterocycles. The molecule has 174 valence electrons. The standard InChI is InChI=1S/C27H23FN6O/c1-15-6-9-22(28)21(12-15)24(33-17-7-8-18-16(13-17)10-11-31-25(18)29)27-32-14-23(34-27)19-4-2-3-5-20(19)26(30)35/h2-14,24,33H,1H3,(H2,29,31)(H2,30,35)(H,32,34). The number of carbonyl (C=O) groups is 1. The molecule has 0 saturated heterocycles. The number of H-pyrrole nitrogens is 1. The molecule has 0 aliphatic rings. The number of benzene rings is 3. The van der Waals surface area contributed by atoms with Crippen molar-refractivity contribution in [2.75, 3.05) is 11.1 Å². The van der Waals surface area contributed by atoms with Crippen LogP contribution < -0.4 is 16.8 Å². The highest BCUT2D eigenvalue weighted by molar-refractivity contribution is 5.99. The molecule has 1 unspecified atom stereocenters. The van der Waals surface area contributed by atoms with Gasteiger partial charge in [-0.15, -0.1) is 0 Å². The Balaban J connectivity index is 1.60. The fourth-order valence-corrected chi connectivity index (χ4v) is 4.18. The number of nitrogens with zero attached hydrogens (tertiary/aromatic N) is 2. The lowest BCUT2D eigenvalue weighted by Crippen LogP contribution is -2.16. The number of amides is 1. The van der Waals surface area contributed by atoms with Crippen LogP contribution in [0.1, 0.15) is 33.4 Å². The Labute approximate surface area is 201 Å². The molecule has 1 amide bonds. The van der Waals surface area contributed by atoms with E-state index in [0.717, 1.165) is 22.0 Å². The van der Waals surface area contributed by atoms with Crippen LogP contribution in [0.15, 0.2) is 79.1 Å². The molecule has 1 atom stereocenters. The zero-order chi connectivity index (χ0) is 24.5. The highest BCUT2D eigenvalue weighted by Gasteiger charge is 2.23. The van der Waals surface area contributed by atoms with Crippen LogP contribution >= 0.6 is 0 Å². The molecule has 0 bridgehead atoms. The van der Waals surface area contributed by atoms with E-state index in [4.69, 9.17) is 16.5 Å². The van der Waals surface area contributed by atoms with Crippen LogP contribution in [0.3, 0.4) is 0 Å². The first-order valence-corrected chi connectivity index (χ1v) is 11.0. The maximum atomic E-state index is 15.0. The predicted octanol–water partition coefficient (Wildman–Crippen LogP) is 4.96. The number of carbonyl (C=O) groups excluding carboxylic acids is 1. The predicted molar refractivity (Wildman–Crippen MR) is 135 cm³/mol. The number of imidazole rings is 1. The van der Waals surface area contributed by atoms with Gasteiger partial charge in [0.15, 0.2) is 0 Å². The average Bonchev–Trinajstić information content (AvgIpc) is 3.34. The average molecular weight is 467 g/mol. The molecule has 5 rings (SSSR count). The summed E-state index contributed by atoms with van der Waals surface area (Å²) >= 11 is 0. The van der Waals surface area contributed by atoms with Crippen molar-refractivity contribution in [3.8, 4) is 11.3 Å². The highest BCUT2D eigenvalue weighted by Crippen LogP contribution is 2.32. The number of nitrogens with two attached hydrogens (primary N) is 2. The lowest BCUT2D eigenvalue weighted by molar-refractivity contribution is 0.100. The van der Waals surface area contributed by atoms with Crippen LogP contribution in [0.25, 0.3) is 22.0 Å². The van der Waals surface area contributed by atoms with Gasteiger partial charge in [0.25, 0.3) is 0 Å². The molecule has 7 nitrogen and oxygen atoms in total. The van der Waals surface area contributed by atoms with Crippen LogP contribution in [0, 0.1) is 12.7 Å². The molecule has 8 heteroatoms. The molecule has 3 aromatic carbocycles. The van der Waals surface area contributed by atoms with Gasteiger partial charge in [0.2, 0.25) is 5.91 Å². The number of primary amides is 1. The monoisotopic (exact) mass is 466 g/mol. The minimum atomic E-state index is -0.638. The second-order valence-corrected chi connectivity index (χ2v) is 8.32. The molecule has 5 aromatic rings. The van der Waals surface area contributed by atoms with Crippen molar-refractivity contribution in [2.45, 2.75) is 13.0 Å². The van der Waals surface area contributed by atoms with E-state index in [2.05, 4.69) is 15.3 Å². The van der Waals surface area contributed by atoms with Crippen molar-refractivity contribution in [1.82, 2.24) is 15.0 Å². The summed E-state index contributed by atoms with van der Waals surface area (Å²) < 4.78 is 15.0. The van der Waals surface area contributed by atoms with Crippen LogP contribution in [0.2, 0.25) is 0 Å². The smallest absolute Gasteiger partial charge is 0.249 e. The van der Waals surface area contributed by atoms with Gasteiger partial charge in [-0.25, -0.2) is 14.4 Å². The van der Waals surface area contributed by atoms with Gasteiger partial charge in [-0.05, 0) is 48.7 Å². The van der Waals surface area contributed by atoms with E-state index in [0.29, 0.717) is 34.0 Å². The van der Waals surface area contributed by atoms with Crippen molar-refractivity contribution >= 4 is 28.2 Å². The summed E-state index contributed by atoms with van der Waals surface area (Å²) in [4.78, 5) is 23.9. The minimum Gasteiger partial charge on any atom is -0.383 e. The molecule has 0 spiro atoms. The summed E-state index contributed by atoms with van der Waals surface area (Å²) in [6.07, 6.45) is 3.33. The number of aryl methyl sites for hydroxylation is 1. The Morgan fingerprint density at radius 1 is 1.09 bits per heavy atom. The van der Waals surface area contributed by atoms with Gasteiger partial charge in [0.1, 0.15) is 23.5 Å². The summed E-state index contributed by atoms with van der Waals surface area (Å²) in [5.41, 5.74) is 15.1. The summed E-state index contributed by atoms with van der Waals surface area (Å²) in [7, 11) is 0. The number of pyridine rings is 1. The number of nitrogen functional groups attached to an aromatic ring is 1. The first kappa shape index (κ1) is 22.1. The molecule has 0 saturated carbocycles. The van der Waals surface area contributed by atoms with Crippen molar-refractivity contribution in [3.63, 3.8) is 0 Å². The second-order valence-electron chi connectivity index (χ2n) is 8.32. The quantitative estimate of drug-likeness (QED) is 0.282. The fraction of sp³-hybridized carbons (Fsp3) is 0.0741. The third kappa shape index (κ3) is 4.29. The van der Waals surface area contributed by atoms with Crippen molar-refractivity contribution in [1.29, 1.82) is 0 Å². The van der Waals surface area contributed by atoms with E-state index in [1.165, 1.54) is 6.07 Å². The molecular weight excluding hydrogens is 443 g/mol. The van der Waals surface area contributed by atoms with Crippen LogP contribution in [0.4, 0.5) is 15.9 Å². The lowest BCUT2D eigenvalue weighted by atomic mass is 10.0. The molecule has 0 fully saturated rings. The minimum absolute atomic E-state index is 0.359. The van der Waals surface area contributed by atoms with Gasteiger partial charge >= 0.3 is 0 Å². The van der Waals surface area contributed by atoms with Gasteiger partial charge in [-0.1, -0.05) is 35.9 Å². The van der Waals surface area contributed by atoms with Crippen LogP contribution in [-0.4, -0.2) is 20.9 Å². The van der Waals surface area contributed by atoms with Crippen molar-refractivity contribution < 1.29 is 9.18 Å². The number of aromatic nitrogens is 3. The topological polar surface area (TPSA) is 123 Å². The first-order chi connectivity index (χ1) is 16.9.